The second-order valence-corrected chi connectivity index (χ2v) is 6.32. The summed E-state index contributed by atoms with van der Waals surface area (Å²) in [6.45, 7) is 2.12. The summed E-state index contributed by atoms with van der Waals surface area (Å²) in [6, 6.07) is 10.7. The summed E-state index contributed by atoms with van der Waals surface area (Å²) >= 11 is 0. The lowest BCUT2D eigenvalue weighted by atomic mass is 9.93. The molecular weight excluding hydrogens is 276 g/mol. The Morgan fingerprint density at radius 2 is 1.91 bits per heavy atom. The molecule has 2 N–H and O–H groups in total. The Labute approximate surface area is 133 Å². The summed E-state index contributed by atoms with van der Waals surface area (Å²) in [5.41, 5.74) is 1.26. The van der Waals surface area contributed by atoms with E-state index in [0.717, 1.165) is 38.5 Å². The van der Waals surface area contributed by atoms with Gasteiger partial charge in [0.25, 0.3) is 0 Å². The number of hydrogen-bond donors (Lipinski definition) is 2. The number of rotatable bonds is 5. The van der Waals surface area contributed by atoms with Gasteiger partial charge in [0.2, 0.25) is 0 Å². The first-order valence-electron chi connectivity index (χ1n) is 8.35. The molecule has 1 aromatic rings. The van der Waals surface area contributed by atoms with Crippen LogP contribution in [0.4, 0.5) is 4.79 Å². The van der Waals surface area contributed by atoms with E-state index >= 15 is 0 Å². The number of nitrogens with zero attached hydrogens (tertiary/aromatic N) is 1. The number of urea groups is 1. The molecule has 1 aliphatic rings. The average Bonchev–Trinajstić information content (AvgIpc) is 2.55. The number of benzene rings is 1. The van der Waals surface area contributed by atoms with Gasteiger partial charge in [-0.3, -0.25) is 0 Å². The second-order valence-electron chi connectivity index (χ2n) is 6.32. The van der Waals surface area contributed by atoms with Gasteiger partial charge >= 0.3 is 6.03 Å². The Hall–Kier alpha value is -1.55. The van der Waals surface area contributed by atoms with E-state index in [1.807, 2.05) is 30.1 Å². The van der Waals surface area contributed by atoms with Gasteiger partial charge in [-0.25, -0.2) is 4.79 Å². The first kappa shape index (κ1) is 16.8. The average molecular weight is 304 g/mol. The van der Waals surface area contributed by atoms with Crippen molar-refractivity contribution in [1.82, 2.24) is 10.2 Å². The van der Waals surface area contributed by atoms with Gasteiger partial charge in [-0.05, 0) is 44.1 Å². The predicted octanol–water partition coefficient (Wildman–Crippen LogP) is 2.95. The molecule has 22 heavy (non-hydrogen) atoms. The zero-order valence-corrected chi connectivity index (χ0v) is 13.7. The van der Waals surface area contributed by atoms with Crippen molar-refractivity contribution in [3.05, 3.63) is 35.9 Å². The predicted molar refractivity (Wildman–Crippen MR) is 88.8 cm³/mol. The zero-order valence-electron chi connectivity index (χ0n) is 13.7. The second kappa shape index (κ2) is 8.18. The Morgan fingerprint density at radius 1 is 1.27 bits per heavy atom. The number of carbonyl (C=O) groups is 1. The molecule has 0 aliphatic heterocycles. The number of nitrogens with one attached hydrogen (secondary N) is 1. The molecule has 2 rings (SSSR count). The molecule has 122 valence electrons. The summed E-state index contributed by atoms with van der Waals surface area (Å²) in [6.07, 6.45) is 4.94. The van der Waals surface area contributed by atoms with Crippen LogP contribution in [0.3, 0.4) is 0 Å². The van der Waals surface area contributed by atoms with Crippen molar-refractivity contribution in [2.45, 2.75) is 63.6 Å². The number of amides is 2. The topological polar surface area (TPSA) is 52.6 Å². The molecule has 1 saturated carbocycles. The fourth-order valence-corrected chi connectivity index (χ4v) is 3.10. The maximum absolute atomic E-state index is 12.4. The molecule has 1 atom stereocenters. The van der Waals surface area contributed by atoms with E-state index < -0.39 is 0 Å². The smallest absolute Gasteiger partial charge is 0.317 e. The van der Waals surface area contributed by atoms with Gasteiger partial charge in [-0.15, -0.1) is 0 Å². The van der Waals surface area contributed by atoms with E-state index in [-0.39, 0.29) is 24.2 Å². The van der Waals surface area contributed by atoms with E-state index in [1.165, 1.54) is 5.56 Å². The molecule has 0 radical (unpaired) electrons. The van der Waals surface area contributed by atoms with Crippen LogP contribution >= 0.6 is 0 Å². The van der Waals surface area contributed by atoms with Crippen LogP contribution in [0.2, 0.25) is 0 Å². The molecule has 1 unspecified atom stereocenters. The lowest BCUT2D eigenvalue weighted by molar-refractivity contribution is 0.114. The molecule has 0 heterocycles. The third-order valence-electron chi connectivity index (χ3n) is 4.68. The summed E-state index contributed by atoms with van der Waals surface area (Å²) in [5, 5.41) is 12.7. The molecule has 0 bridgehead atoms. The van der Waals surface area contributed by atoms with Gasteiger partial charge in [0.1, 0.15) is 0 Å². The third kappa shape index (κ3) is 4.73. The van der Waals surface area contributed by atoms with E-state index in [4.69, 9.17) is 0 Å². The van der Waals surface area contributed by atoms with E-state index in [0.29, 0.717) is 0 Å². The number of aliphatic hydroxyl groups excluding tert-OH is 1. The van der Waals surface area contributed by atoms with Crippen LogP contribution in [0.25, 0.3) is 0 Å². The third-order valence-corrected chi connectivity index (χ3v) is 4.68. The largest absolute Gasteiger partial charge is 0.393 e. The van der Waals surface area contributed by atoms with Crippen LogP contribution < -0.4 is 5.32 Å². The fourth-order valence-electron chi connectivity index (χ4n) is 3.10. The quantitative estimate of drug-likeness (QED) is 0.879. The van der Waals surface area contributed by atoms with E-state index in [1.54, 1.807) is 0 Å². The summed E-state index contributed by atoms with van der Waals surface area (Å²) < 4.78 is 0. The molecular formula is C18H28N2O2. The molecule has 0 aromatic heterocycles. The maximum atomic E-state index is 12.4. The minimum Gasteiger partial charge on any atom is -0.393 e. The summed E-state index contributed by atoms with van der Waals surface area (Å²) in [5.74, 6) is 0. The number of carbonyl (C=O) groups excluding carboxylic acids is 1. The number of likely N-dealkylation sites (N-methyl/N-ethyl adjacent to an activating group) is 1. The molecule has 1 fully saturated rings. The molecule has 0 saturated heterocycles. The molecule has 0 spiro atoms. The SMILES string of the molecule is CCC(Cc1ccccc1)N(C)C(=O)NC1CCC(O)CC1. The van der Waals surface area contributed by atoms with Crippen molar-refractivity contribution in [3.8, 4) is 0 Å². The number of hydrogen-bond acceptors (Lipinski definition) is 2. The minimum atomic E-state index is -0.188. The number of aliphatic hydroxyl groups is 1. The van der Waals surface area contributed by atoms with Crippen LogP contribution in [0.5, 0.6) is 0 Å². The lowest BCUT2D eigenvalue weighted by Gasteiger charge is -2.32. The molecule has 2 amide bonds. The van der Waals surface area contributed by atoms with Gasteiger partial charge in [0.05, 0.1) is 6.10 Å². The van der Waals surface area contributed by atoms with Crippen molar-refractivity contribution in [2.75, 3.05) is 7.05 Å². The highest BCUT2D eigenvalue weighted by atomic mass is 16.3. The maximum Gasteiger partial charge on any atom is 0.317 e. The Morgan fingerprint density at radius 3 is 2.50 bits per heavy atom. The van der Waals surface area contributed by atoms with Crippen molar-refractivity contribution >= 4 is 6.03 Å². The van der Waals surface area contributed by atoms with Crippen LogP contribution in [-0.2, 0) is 6.42 Å². The molecule has 4 heteroatoms. The van der Waals surface area contributed by atoms with Crippen molar-refractivity contribution in [1.29, 1.82) is 0 Å². The summed E-state index contributed by atoms with van der Waals surface area (Å²) in [4.78, 5) is 14.3. The highest BCUT2D eigenvalue weighted by Crippen LogP contribution is 2.19. The van der Waals surface area contributed by atoms with Crippen molar-refractivity contribution in [3.63, 3.8) is 0 Å². The van der Waals surface area contributed by atoms with Crippen molar-refractivity contribution in [2.24, 2.45) is 0 Å². The standard InChI is InChI=1S/C18H28N2O2/c1-3-16(13-14-7-5-4-6-8-14)20(2)18(22)19-15-9-11-17(21)12-10-15/h4-8,15-17,21H,3,9-13H2,1-2H3,(H,19,22). The fraction of sp³-hybridized carbons (Fsp3) is 0.611. The summed E-state index contributed by atoms with van der Waals surface area (Å²) in [7, 11) is 1.88. The van der Waals surface area contributed by atoms with Gasteiger partial charge in [0.15, 0.2) is 0 Å². The van der Waals surface area contributed by atoms with Gasteiger partial charge in [-0.2, -0.15) is 0 Å². The van der Waals surface area contributed by atoms with E-state index in [9.17, 15) is 9.90 Å². The van der Waals surface area contributed by atoms with Crippen LogP contribution in [0, 0.1) is 0 Å². The lowest BCUT2D eigenvalue weighted by Crippen LogP contribution is -2.48. The minimum absolute atomic E-state index is 0.00386. The first-order valence-corrected chi connectivity index (χ1v) is 8.35. The van der Waals surface area contributed by atoms with Crippen LogP contribution in [-0.4, -0.2) is 41.3 Å². The Balaban J connectivity index is 1.87. The first-order chi connectivity index (χ1) is 10.6. The van der Waals surface area contributed by atoms with Gasteiger partial charge in [0, 0.05) is 19.1 Å². The van der Waals surface area contributed by atoms with Crippen LogP contribution in [0.15, 0.2) is 30.3 Å². The zero-order chi connectivity index (χ0) is 15.9. The monoisotopic (exact) mass is 304 g/mol. The van der Waals surface area contributed by atoms with Gasteiger partial charge in [-0.1, -0.05) is 37.3 Å². The van der Waals surface area contributed by atoms with Gasteiger partial charge < -0.3 is 15.3 Å². The van der Waals surface area contributed by atoms with Crippen LogP contribution in [0.1, 0.15) is 44.6 Å². The van der Waals surface area contributed by atoms with E-state index in [2.05, 4.69) is 24.4 Å². The normalized spacial score (nSPS) is 22.9. The highest BCUT2D eigenvalue weighted by Gasteiger charge is 2.24. The highest BCUT2D eigenvalue weighted by molar-refractivity contribution is 5.74. The van der Waals surface area contributed by atoms with Crippen molar-refractivity contribution < 1.29 is 9.90 Å². The molecule has 4 nitrogen and oxygen atoms in total. The Kier molecular flexibility index (Phi) is 6.25. The Bertz CT molecular complexity index is 455. The molecule has 1 aliphatic carbocycles. The molecule has 1 aromatic carbocycles.